The molecular formula is C9H4BrFINO. The van der Waals surface area contributed by atoms with E-state index in [0.717, 1.165) is 0 Å². The smallest absolute Gasteiger partial charge is 0.176 e. The van der Waals surface area contributed by atoms with Crippen LogP contribution in [0.5, 0.6) is 0 Å². The van der Waals surface area contributed by atoms with Crippen LogP contribution < -0.4 is 0 Å². The topological polar surface area (TPSA) is 40.9 Å². The number of alkyl halides is 1. The first kappa shape index (κ1) is 11.6. The number of hydrogen-bond donors (Lipinski definition) is 0. The van der Waals surface area contributed by atoms with E-state index in [9.17, 15) is 9.18 Å². The summed E-state index contributed by atoms with van der Waals surface area (Å²) in [4.78, 5) is 11.2. The molecule has 0 aliphatic rings. The Kier molecular flexibility index (Phi) is 4.01. The van der Waals surface area contributed by atoms with E-state index in [1.54, 1.807) is 0 Å². The second kappa shape index (κ2) is 4.84. The molecule has 0 amide bonds. The first-order chi connectivity index (χ1) is 6.60. The molecule has 0 heterocycles. The van der Waals surface area contributed by atoms with Crippen molar-refractivity contribution in [3.05, 3.63) is 32.6 Å². The van der Waals surface area contributed by atoms with Gasteiger partial charge in [0.25, 0.3) is 0 Å². The van der Waals surface area contributed by atoms with Crippen molar-refractivity contribution in [2.75, 3.05) is 5.33 Å². The van der Waals surface area contributed by atoms with Crippen LogP contribution in [0.1, 0.15) is 15.9 Å². The zero-order chi connectivity index (χ0) is 10.7. The van der Waals surface area contributed by atoms with E-state index in [1.807, 2.05) is 28.7 Å². The van der Waals surface area contributed by atoms with E-state index >= 15 is 0 Å². The molecule has 0 aliphatic heterocycles. The number of rotatable bonds is 2. The van der Waals surface area contributed by atoms with Crippen molar-refractivity contribution >= 4 is 44.3 Å². The van der Waals surface area contributed by atoms with Gasteiger partial charge in [0.15, 0.2) is 5.78 Å². The molecule has 0 saturated carbocycles. The molecule has 0 N–H and O–H groups in total. The molecule has 0 radical (unpaired) electrons. The predicted molar refractivity (Wildman–Crippen MR) is 62.0 cm³/mol. The number of Topliss-reactive ketones (excluding diaryl/α,β-unsaturated/α-hetero) is 1. The van der Waals surface area contributed by atoms with E-state index in [1.165, 1.54) is 12.1 Å². The number of benzene rings is 1. The summed E-state index contributed by atoms with van der Waals surface area (Å²) in [6, 6.07) is 4.37. The van der Waals surface area contributed by atoms with Gasteiger partial charge in [0.2, 0.25) is 0 Å². The highest BCUT2D eigenvalue weighted by Crippen LogP contribution is 2.18. The van der Waals surface area contributed by atoms with Crippen LogP contribution in [0.25, 0.3) is 0 Å². The van der Waals surface area contributed by atoms with Gasteiger partial charge in [-0.15, -0.1) is 0 Å². The Morgan fingerprint density at radius 3 is 2.79 bits per heavy atom. The minimum absolute atomic E-state index is 0.0427. The Morgan fingerprint density at radius 2 is 2.29 bits per heavy atom. The summed E-state index contributed by atoms with van der Waals surface area (Å²) in [6.07, 6.45) is 0. The zero-order valence-corrected chi connectivity index (χ0v) is 10.6. The van der Waals surface area contributed by atoms with Crippen LogP contribution in [0.2, 0.25) is 0 Å². The molecule has 0 aliphatic carbocycles. The summed E-state index contributed by atoms with van der Waals surface area (Å²) in [5.41, 5.74) is 0.273. The van der Waals surface area contributed by atoms with Gasteiger partial charge in [-0.05, 0) is 34.7 Å². The number of carbonyl (C=O) groups is 1. The highest BCUT2D eigenvalue weighted by atomic mass is 127. The van der Waals surface area contributed by atoms with Gasteiger partial charge in [0.1, 0.15) is 11.9 Å². The molecule has 1 aromatic carbocycles. The lowest BCUT2D eigenvalue weighted by atomic mass is 10.1. The van der Waals surface area contributed by atoms with Gasteiger partial charge < -0.3 is 0 Å². The molecule has 2 nitrogen and oxygen atoms in total. The fraction of sp³-hybridized carbons (Fsp3) is 0.111. The molecular weight excluding hydrogens is 364 g/mol. The van der Waals surface area contributed by atoms with Crippen molar-refractivity contribution in [1.29, 1.82) is 5.26 Å². The van der Waals surface area contributed by atoms with E-state index in [2.05, 4.69) is 15.9 Å². The van der Waals surface area contributed by atoms with Crippen LogP contribution in [0.3, 0.4) is 0 Å². The van der Waals surface area contributed by atoms with Crippen molar-refractivity contribution in [1.82, 2.24) is 0 Å². The van der Waals surface area contributed by atoms with Crippen LogP contribution >= 0.6 is 38.5 Å². The molecule has 0 spiro atoms. The predicted octanol–water partition coefficient (Wildman–Crippen LogP) is 2.88. The van der Waals surface area contributed by atoms with Gasteiger partial charge in [-0.3, -0.25) is 4.79 Å². The lowest BCUT2D eigenvalue weighted by molar-refractivity contribution is 0.102. The second-order valence-corrected chi connectivity index (χ2v) is 4.20. The quantitative estimate of drug-likeness (QED) is 0.458. The number of nitrogens with zero attached hydrogens (tertiary/aromatic N) is 1. The molecule has 1 rings (SSSR count). The molecule has 0 saturated heterocycles. The molecule has 0 bridgehead atoms. The van der Waals surface area contributed by atoms with Crippen molar-refractivity contribution in [3.63, 3.8) is 0 Å². The SMILES string of the molecule is N#Cc1cc(C(=O)CBr)c(F)cc1I. The average Bonchev–Trinajstić information content (AvgIpc) is 2.17. The normalized spacial score (nSPS) is 9.57. The van der Waals surface area contributed by atoms with Crippen LogP contribution in [0.15, 0.2) is 12.1 Å². The first-order valence-electron chi connectivity index (χ1n) is 3.58. The summed E-state index contributed by atoms with van der Waals surface area (Å²) in [5.74, 6) is -0.951. The summed E-state index contributed by atoms with van der Waals surface area (Å²) in [7, 11) is 0. The van der Waals surface area contributed by atoms with Gasteiger partial charge in [0, 0.05) is 3.57 Å². The molecule has 0 unspecified atom stereocenters. The third-order valence-corrected chi connectivity index (χ3v) is 3.00. The maximum Gasteiger partial charge on any atom is 0.176 e. The Balaban J connectivity index is 3.33. The standard InChI is InChI=1S/C9H4BrFINO/c10-3-9(14)6-1-5(4-13)8(12)2-7(6)11/h1-2H,3H2. The van der Waals surface area contributed by atoms with Crippen LogP contribution in [0, 0.1) is 20.7 Å². The van der Waals surface area contributed by atoms with Crippen molar-refractivity contribution in [2.45, 2.75) is 0 Å². The van der Waals surface area contributed by atoms with E-state index in [4.69, 9.17) is 5.26 Å². The Labute approximate surface area is 102 Å². The monoisotopic (exact) mass is 367 g/mol. The lowest BCUT2D eigenvalue weighted by Gasteiger charge is -2.02. The Morgan fingerprint density at radius 1 is 1.64 bits per heavy atom. The minimum atomic E-state index is -0.585. The fourth-order valence-electron chi connectivity index (χ4n) is 0.920. The van der Waals surface area contributed by atoms with Gasteiger partial charge in [0.05, 0.1) is 16.5 Å². The maximum atomic E-state index is 13.2. The van der Waals surface area contributed by atoms with Crippen LogP contribution in [0.4, 0.5) is 4.39 Å². The second-order valence-electron chi connectivity index (χ2n) is 2.48. The molecule has 5 heteroatoms. The molecule has 0 aromatic heterocycles. The first-order valence-corrected chi connectivity index (χ1v) is 5.78. The van der Waals surface area contributed by atoms with Crippen molar-refractivity contribution < 1.29 is 9.18 Å². The van der Waals surface area contributed by atoms with E-state index < -0.39 is 5.82 Å². The summed E-state index contributed by atoms with van der Waals surface area (Å²) in [6.45, 7) is 0. The maximum absolute atomic E-state index is 13.2. The number of halogens is 3. The molecule has 1 aromatic rings. The van der Waals surface area contributed by atoms with Gasteiger partial charge in [-0.25, -0.2) is 4.39 Å². The highest BCUT2D eigenvalue weighted by molar-refractivity contribution is 14.1. The largest absolute Gasteiger partial charge is 0.293 e. The highest BCUT2D eigenvalue weighted by Gasteiger charge is 2.13. The molecule has 14 heavy (non-hydrogen) atoms. The van der Waals surface area contributed by atoms with Gasteiger partial charge in [-0.1, -0.05) is 15.9 Å². The molecule has 0 atom stereocenters. The molecule has 72 valence electrons. The number of ketones is 1. The Bertz CT molecular complexity index is 428. The van der Waals surface area contributed by atoms with Gasteiger partial charge >= 0.3 is 0 Å². The van der Waals surface area contributed by atoms with Crippen LogP contribution in [-0.4, -0.2) is 11.1 Å². The average molecular weight is 368 g/mol. The zero-order valence-electron chi connectivity index (χ0n) is 6.85. The molecule has 0 fully saturated rings. The lowest BCUT2D eigenvalue weighted by Crippen LogP contribution is -2.04. The van der Waals surface area contributed by atoms with Crippen molar-refractivity contribution in [2.24, 2.45) is 0 Å². The number of carbonyl (C=O) groups excluding carboxylic acids is 1. The third-order valence-electron chi connectivity index (χ3n) is 1.60. The van der Waals surface area contributed by atoms with Crippen molar-refractivity contribution in [3.8, 4) is 6.07 Å². The number of nitriles is 1. The minimum Gasteiger partial charge on any atom is -0.293 e. The number of hydrogen-bond acceptors (Lipinski definition) is 2. The van der Waals surface area contributed by atoms with E-state index in [0.29, 0.717) is 9.13 Å². The van der Waals surface area contributed by atoms with E-state index in [-0.39, 0.29) is 16.7 Å². The summed E-state index contributed by atoms with van der Waals surface area (Å²) < 4.78 is 13.8. The van der Waals surface area contributed by atoms with Gasteiger partial charge in [-0.2, -0.15) is 5.26 Å². The summed E-state index contributed by atoms with van der Waals surface area (Å²) >= 11 is 4.80. The van der Waals surface area contributed by atoms with Crippen LogP contribution in [-0.2, 0) is 0 Å². The summed E-state index contributed by atoms with van der Waals surface area (Å²) in [5, 5.41) is 8.74. The fourth-order valence-corrected chi connectivity index (χ4v) is 1.77. The Hall–Kier alpha value is -0.480. The third kappa shape index (κ3) is 2.30.